The molecular formula is C13H18N2O2. The van der Waals surface area contributed by atoms with E-state index in [9.17, 15) is 0 Å². The largest absolute Gasteiger partial charge is 0.484 e. The number of nitrogens with one attached hydrogen (secondary N) is 1. The van der Waals surface area contributed by atoms with Crippen LogP contribution in [0.4, 0.5) is 0 Å². The Morgan fingerprint density at radius 1 is 1.65 bits per heavy atom. The third kappa shape index (κ3) is 1.86. The van der Waals surface area contributed by atoms with E-state index in [0.717, 1.165) is 25.1 Å². The number of hydrogen-bond donors (Lipinski definition) is 1. The second-order valence-corrected chi connectivity index (χ2v) is 5.01. The summed E-state index contributed by atoms with van der Waals surface area (Å²) in [4.78, 5) is 4.25. The lowest BCUT2D eigenvalue weighted by Crippen LogP contribution is -2.36. The van der Waals surface area contributed by atoms with E-state index >= 15 is 0 Å². The first-order chi connectivity index (χ1) is 8.21. The number of rotatable bonds is 2. The highest BCUT2D eigenvalue weighted by atomic mass is 16.5. The van der Waals surface area contributed by atoms with Crippen LogP contribution in [0, 0.1) is 0 Å². The molecule has 3 rings (SSSR count). The minimum absolute atomic E-state index is 0.0474. The lowest BCUT2D eigenvalue weighted by molar-refractivity contribution is 0.115. The van der Waals surface area contributed by atoms with Gasteiger partial charge in [0.05, 0.1) is 12.8 Å². The highest BCUT2D eigenvalue weighted by molar-refractivity contribution is 5.41. The van der Waals surface area contributed by atoms with Crippen LogP contribution in [0.1, 0.15) is 25.8 Å². The van der Waals surface area contributed by atoms with Crippen molar-refractivity contribution in [1.29, 1.82) is 0 Å². The highest BCUT2D eigenvalue weighted by Crippen LogP contribution is 2.40. The predicted octanol–water partition coefficient (Wildman–Crippen LogP) is 1.54. The summed E-state index contributed by atoms with van der Waals surface area (Å²) >= 11 is 0. The van der Waals surface area contributed by atoms with Crippen molar-refractivity contribution in [2.45, 2.75) is 38.3 Å². The SMILES string of the molecule is CCOc1cc2c(cn1)O[C@]1(CN[C@@H](C)C1)C2. The average molecular weight is 234 g/mol. The molecule has 1 fully saturated rings. The third-order valence-corrected chi connectivity index (χ3v) is 3.51. The van der Waals surface area contributed by atoms with Gasteiger partial charge in [0.1, 0.15) is 11.4 Å². The monoisotopic (exact) mass is 234 g/mol. The Morgan fingerprint density at radius 2 is 2.53 bits per heavy atom. The van der Waals surface area contributed by atoms with Crippen LogP contribution in [0.2, 0.25) is 0 Å². The van der Waals surface area contributed by atoms with Gasteiger partial charge in [-0.2, -0.15) is 0 Å². The first-order valence-electron chi connectivity index (χ1n) is 6.25. The Labute approximate surface area is 101 Å². The summed E-state index contributed by atoms with van der Waals surface area (Å²) in [5.74, 6) is 1.62. The minimum Gasteiger partial charge on any atom is -0.484 e. The molecule has 92 valence electrons. The summed E-state index contributed by atoms with van der Waals surface area (Å²) in [7, 11) is 0. The molecule has 2 atom stereocenters. The summed E-state index contributed by atoms with van der Waals surface area (Å²) in [5, 5.41) is 3.45. The number of aromatic nitrogens is 1. The van der Waals surface area contributed by atoms with Crippen LogP contribution in [0.25, 0.3) is 0 Å². The smallest absolute Gasteiger partial charge is 0.213 e. The average Bonchev–Trinajstić information content (AvgIpc) is 2.82. The first kappa shape index (κ1) is 10.8. The molecule has 3 heterocycles. The molecule has 0 aliphatic carbocycles. The molecule has 0 unspecified atom stereocenters. The second kappa shape index (κ2) is 3.88. The molecule has 1 spiro atoms. The van der Waals surface area contributed by atoms with E-state index in [-0.39, 0.29) is 5.60 Å². The van der Waals surface area contributed by atoms with E-state index in [4.69, 9.17) is 9.47 Å². The van der Waals surface area contributed by atoms with Crippen molar-refractivity contribution < 1.29 is 9.47 Å². The van der Waals surface area contributed by atoms with Crippen molar-refractivity contribution in [1.82, 2.24) is 10.3 Å². The van der Waals surface area contributed by atoms with Gasteiger partial charge in [-0.25, -0.2) is 4.98 Å². The molecule has 4 nitrogen and oxygen atoms in total. The van der Waals surface area contributed by atoms with E-state index < -0.39 is 0 Å². The van der Waals surface area contributed by atoms with Crippen LogP contribution in [-0.2, 0) is 6.42 Å². The van der Waals surface area contributed by atoms with Crippen molar-refractivity contribution in [2.75, 3.05) is 13.2 Å². The number of nitrogens with zero attached hydrogens (tertiary/aromatic N) is 1. The van der Waals surface area contributed by atoms with Crippen LogP contribution in [-0.4, -0.2) is 29.8 Å². The molecule has 17 heavy (non-hydrogen) atoms. The lowest BCUT2D eigenvalue weighted by Gasteiger charge is -2.21. The van der Waals surface area contributed by atoms with Crippen LogP contribution in [0.15, 0.2) is 12.3 Å². The van der Waals surface area contributed by atoms with Crippen molar-refractivity contribution in [2.24, 2.45) is 0 Å². The number of ether oxygens (including phenoxy) is 2. The maximum absolute atomic E-state index is 6.08. The van der Waals surface area contributed by atoms with Crippen molar-refractivity contribution in [3.8, 4) is 11.6 Å². The van der Waals surface area contributed by atoms with Crippen LogP contribution < -0.4 is 14.8 Å². The summed E-state index contributed by atoms with van der Waals surface area (Å²) in [6.45, 7) is 5.74. The van der Waals surface area contributed by atoms with Gasteiger partial charge in [-0.1, -0.05) is 0 Å². The Morgan fingerprint density at radius 3 is 3.24 bits per heavy atom. The summed E-state index contributed by atoms with van der Waals surface area (Å²) in [6, 6.07) is 2.54. The standard InChI is InChI=1S/C13H18N2O2/c1-3-16-12-4-10-6-13(5-9(2)15-8-13)17-11(10)7-14-12/h4,7,9,15H,3,5-6,8H2,1-2H3/t9-,13-/m0/s1. The van der Waals surface area contributed by atoms with E-state index in [1.807, 2.05) is 13.0 Å². The summed E-state index contributed by atoms with van der Waals surface area (Å²) in [6.07, 6.45) is 3.81. The van der Waals surface area contributed by atoms with E-state index in [2.05, 4.69) is 17.2 Å². The number of pyridine rings is 1. The Hall–Kier alpha value is -1.29. The van der Waals surface area contributed by atoms with Gasteiger partial charge in [0.25, 0.3) is 0 Å². The molecular weight excluding hydrogens is 216 g/mol. The van der Waals surface area contributed by atoms with Gasteiger partial charge in [0.15, 0.2) is 0 Å². The maximum atomic E-state index is 6.08. The Balaban J connectivity index is 1.83. The summed E-state index contributed by atoms with van der Waals surface area (Å²) < 4.78 is 11.5. The van der Waals surface area contributed by atoms with Gasteiger partial charge >= 0.3 is 0 Å². The normalized spacial score (nSPS) is 30.4. The van der Waals surface area contributed by atoms with Crippen molar-refractivity contribution in [3.63, 3.8) is 0 Å². The maximum Gasteiger partial charge on any atom is 0.213 e. The summed E-state index contributed by atoms with van der Waals surface area (Å²) in [5.41, 5.74) is 1.17. The molecule has 0 radical (unpaired) electrons. The van der Waals surface area contributed by atoms with Crippen LogP contribution >= 0.6 is 0 Å². The van der Waals surface area contributed by atoms with Crippen LogP contribution in [0.3, 0.4) is 0 Å². The number of hydrogen-bond acceptors (Lipinski definition) is 4. The molecule has 2 aliphatic heterocycles. The molecule has 0 amide bonds. The molecule has 1 aromatic rings. The second-order valence-electron chi connectivity index (χ2n) is 5.01. The molecule has 4 heteroatoms. The van der Waals surface area contributed by atoms with E-state index in [1.54, 1.807) is 6.20 Å². The Bertz CT molecular complexity index is 435. The lowest BCUT2D eigenvalue weighted by atomic mass is 9.95. The molecule has 1 saturated heterocycles. The zero-order valence-corrected chi connectivity index (χ0v) is 10.3. The van der Waals surface area contributed by atoms with Crippen LogP contribution in [0.5, 0.6) is 11.6 Å². The molecule has 0 aromatic carbocycles. The van der Waals surface area contributed by atoms with Gasteiger partial charge in [-0.15, -0.1) is 0 Å². The minimum atomic E-state index is -0.0474. The predicted molar refractivity (Wildman–Crippen MR) is 64.6 cm³/mol. The Kier molecular flexibility index (Phi) is 2.47. The van der Waals surface area contributed by atoms with Crippen molar-refractivity contribution >= 4 is 0 Å². The molecule has 0 bridgehead atoms. The molecule has 1 N–H and O–H groups in total. The fourth-order valence-electron chi connectivity index (χ4n) is 2.81. The zero-order chi connectivity index (χ0) is 11.9. The van der Waals surface area contributed by atoms with E-state index in [1.165, 1.54) is 5.56 Å². The number of fused-ring (bicyclic) bond motifs is 1. The quantitative estimate of drug-likeness (QED) is 0.843. The molecule has 0 saturated carbocycles. The van der Waals surface area contributed by atoms with Gasteiger partial charge in [0.2, 0.25) is 5.88 Å². The zero-order valence-electron chi connectivity index (χ0n) is 10.3. The molecule has 1 aromatic heterocycles. The van der Waals surface area contributed by atoms with Gasteiger partial charge in [-0.3, -0.25) is 0 Å². The van der Waals surface area contributed by atoms with Crippen molar-refractivity contribution in [3.05, 3.63) is 17.8 Å². The fraction of sp³-hybridized carbons (Fsp3) is 0.615. The fourth-order valence-corrected chi connectivity index (χ4v) is 2.81. The van der Waals surface area contributed by atoms with Gasteiger partial charge in [0, 0.05) is 37.1 Å². The third-order valence-electron chi connectivity index (χ3n) is 3.51. The first-order valence-corrected chi connectivity index (χ1v) is 6.25. The topological polar surface area (TPSA) is 43.4 Å². The highest BCUT2D eigenvalue weighted by Gasteiger charge is 2.44. The van der Waals surface area contributed by atoms with Gasteiger partial charge < -0.3 is 14.8 Å². The molecule has 2 aliphatic rings. The van der Waals surface area contributed by atoms with E-state index in [0.29, 0.717) is 18.5 Å². The van der Waals surface area contributed by atoms with Gasteiger partial charge in [-0.05, 0) is 13.8 Å².